The van der Waals surface area contributed by atoms with Crippen LogP contribution in [0.15, 0.2) is 18.2 Å². The van der Waals surface area contributed by atoms with Crippen molar-refractivity contribution in [1.82, 2.24) is 10.6 Å². The number of piperidine rings is 1. The summed E-state index contributed by atoms with van der Waals surface area (Å²) in [7, 11) is 0. The minimum absolute atomic E-state index is 0.000114. The van der Waals surface area contributed by atoms with Gasteiger partial charge in [-0.3, -0.25) is 9.59 Å². The number of nitrogens with one attached hydrogen (secondary N) is 2. The number of Topliss-reactive ketones (excluding diaryl/α,β-unsaturated/α-hetero) is 1. The first kappa shape index (κ1) is 18.1. The molecule has 0 bridgehead atoms. The average Bonchev–Trinajstić information content (AvgIpc) is 2.65. The highest BCUT2D eigenvalue weighted by Crippen LogP contribution is 2.29. The average molecular weight is 342 g/mol. The van der Waals surface area contributed by atoms with E-state index in [0.717, 1.165) is 43.2 Å². The van der Waals surface area contributed by atoms with E-state index in [1.807, 2.05) is 12.1 Å². The Balaban J connectivity index is 1.75. The van der Waals surface area contributed by atoms with Gasteiger partial charge in [-0.15, -0.1) is 0 Å². The second-order valence-electron chi connectivity index (χ2n) is 8.97. The van der Waals surface area contributed by atoms with E-state index in [1.165, 1.54) is 0 Å². The summed E-state index contributed by atoms with van der Waals surface area (Å²) in [5, 5.41) is 6.86. The maximum atomic E-state index is 12.8. The Morgan fingerprint density at radius 3 is 2.40 bits per heavy atom. The summed E-state index contributed by atoms with van der Waals surface area (Å²) in [6.45, 7) is 8.73. The van der Waals surface area contributed by atoms with Crippen LogP contribution in [0, 0.1) is 0 Å². The Labute approximate surface area is 150 Å². The van der Waals surface area contributed by atoms with Crippen molar-refractivity contribution in [3.8, 4) is 0 Å². The van der Waals surface area contributed by atoms with Crippen LogP contribution in [-0.4, -0.2) is 28.8 Å². The van der Waals surface area contributed by atoms with E-state index in [-0.39, 0.29) is 28.8 Å². The maximum Gasteiger partial charge on any atom is 0.251 e. The molecule has 1 aliphatic heterocycles. The number of aryl methyl sites for hydroxylation is 1. The zero-order chi connectivity index (χ0) is 18.2. The normalized spacial score (nSPS) is 22.8. The zero-order valence-electron chi connectivity index (χ0n) is 15.9. The molecule has 2 aliphatic rings. The van der Waals surface area contributed by atoms with Crippen molar-refractivity contribution in [2.75, 3.05) is 0 Å². The lowest BCUT2D eigenvalue weighted by atomic mass is 9.79. The Morgan fingerprint density at radius 1 is 1.08 bits per heavy atom. The van der Waals surface area contributed by atoms with Crippen LogP contribution in [0.3, 0.4) is 0 Å². The molecule has 4 nitrogen and oxygen atoms in total. The number of benzene rings is 1. The molecule has 1 aliphatic carbocycles. The highest BCUT2D eigenvalue weighted by atomic mass is 16.1. The van der Waals surface area contributed by atoms with Crippen LogP contribution in [0.1, 0.15) is 86.1 Å². The lowest BCUT2D eigenvalue weighted by Gasteiger charge is -2.46. The molecule has 0 atom stereocenters. The number of ketones is 1. The van der Waals surface area contributed by atoms with Crippen LogP contribution >= 0.6 is 0 Å². The molecular weight excluding hydrogens is 312 g/mol. The largest absolute Gasteiger partial charge is 0.349 e. The Kier molecular flexibility index (Phi) is 4.76. The number of hydrogen-bond donors (Lipinski definition) is 2. The second-order valence-corrected chi connectivity index (χ2v) is 8.97. The molecule has 3 rings (SSSR count). The van der Waals surface area contributed by atoms with Gasteiger partial charge in [0.15, 0.2) is 5.78 Å². The Hall–Kier alpha value is -1.68. The van der Waals surface area contributed by atoms with Gasteiger partial charge in [0.05, 0.1) is 0 Å². The lowest BCUT2D eigenvalue weighted by molar-refractivity contribution is 0.0871. The zero-order valence-corrected chi connectivity index (χ0v) is 15.9. The summed E-state index contributed by atoms with van der Waals surface area (Å²) in [5.41, 5.74) is 2.50. The molecular formula is C21H30N2O2. The maximum absolute atomic E-state index is 12.8. The smallest absolute Gasteiger partial charge is 0.251 e. The number of hydrogen-bond acceptors (Lipinski definition) is 3. The highest BCUT2D eigenvalue weighted by Gasteiger charge is 2.38. The topological polar surface area (TPSA) is 58.2 Å². The van der Waals surface area contributed by atoms with Gasteiger partial charge in [0.2, 0.25) is 0 Å². The molecule has 1 saturated heterocycles. The molecule has 0 spiro atoms. The van der Waals surface area contributed by atoms with Crippen LogP contribution in [0.2, 0.25) is 0 Å². The van der Waals surface area contributed by atoms with Crippen LogP contribution in [0.4, 0.5) is 0 Å². The molecule has 136 valence electrons. The number of rotatable bonds is 2. The fourth-order valence-corrected chi connectivity index (χ4v) is 4.64. The van der Waals surface area contributed by atoms with Crippen molar-refractivity contribution < 1.29 is 9.59 Å². The van der Waals surface area contributed by atoms with Gasteiger partial charge < -0.3 is 10.6 Å². The summed E-state index contributed by atoms with van der Waals surface area (Å²) >= 11 is 0. The third-order valence-electron chi connectivity index (χ3n) is 5.29. The van der Waals surface area contributed by atoms with Crippen LogP contribution in [-0.2, 0) is 6.42 Å². The fraction of sp³-hybridized carbons (Fsp3) is 0.619. The predicted octanol–water partition coefficient (Wildman–Crippen LogP) is 3.63. The van der Waals surface area contributed by atoms with E-state index in [0.29, 0.717) is 12.0 Å². The van der Waals surface area contributed by atoms with E-state index < -0.39 is 0 Å². The number of carbonyl (C=O) groups excluding carboxylic acids is 2. The molecule has 0 aromatic heterocycles. The third-order valence-corrected chi connectivity index (χ3v) is 5.29. The first-order valence-corrected chi connectivity index (χ1v) is 9.42. The van der Waals surface area contributed by atoms with Crippen molar-refractivity contribution in [1.29, 1.82) is 0 Å². The molecule has 2 N–H and O–H groups in total. The molecule has 1 heterocycles. The number of fused-ring (bicyclic) bond motifs is 1. The van der Waals surface area contributed by atoms with Crippen molar-refractivity contribution >= 4 is 11.7 Å². The minimum Gasteiger partial charge on any atom is -0.349 e. The molecule has 0 radical (unpaired) electrons. The standard InChI is InChI=1S/C21H30N2O2/c1-20(2)12-16(13-21(3,4)23-20)22-19(25)15-9-10-17-14(11-15)7-5-6-8-18(17)24/h9-11,16,23H,5-8,12-13H2,1-4H3,(H,22,25). The van der Waals surface area contributed by atoms with Crippen molar-refractivity contribution in [3.63, 3.8) is 0 Å². The number of amides is 1. The van der Waals surface area contributed by atoms with E-state index >= 15 is 0 Å². The first-order chi connectivity index (χ1) is 11.7. The van der Waals surface area contributed by atoms with Gasteiger partial charge in [-0.2, -0.15) is 0 Å². The summed E-state index contributed by atoms with van der Waals surface area (Å²) in [4.78, 5) is 24.9. The van der Waals surface area contributed by atoms with Crippen molar-refractivity contribution in [2.24, 2.45) is 0 Å². The summed E-state index contributed by atoms with van der Waals surface area (Å²) in [5.74, 6) is 0.180. The van der Waals surface area contributed by atoms with Gasteiger partial charge in [-0.1, -0.05) is 6.07 Å². The first-order valence-electron chi connectivity index (χ1n) is 9.42. The molecule has 1 aromatic rings. The molecule has 1 fully saturated rings. The quantitative estimate of drug-likeness (QED) is 0.807. The molecule has 1 amide bonds. The van der Waals surface area contributed by atoms with Gasteiger partial charge in [-0.25, -0.2) is 0 Å². The Morgan fingerprint density at radius 2 is 1.72 bits per heavy atom. The molecule has 1 aromatic carbocycles. The molecule has 25 heavy (non-hydrogen) atoms. The van der Waals surface area contributed by atoms with Crippen LogP contribution in [0.25, 0.3) is 0 Å². The summed E-state index contributed by atoms with van der Waals surface area (Å²) in [6, 6.07) is 5.72. The minimum atomic E-state index is -0.0296. The summed E-state index contributed by atoms with van der Waals surface area (Å²) < 4.78 is 0. The lowest BCUT2D eigenvalue weighted by Crippen LogP contribution is -2.62. The van der Waals surface area contributed by atoms with E-state index in [1.54, 1.807) is 6.07 Å². The Bertz CT molecular complexity index is 675. The van der Waals surface area contributed by atoms with E-state index in [9.17, 15) is 9.59 Å². The van der Waals surface area contributed by atoms with Gasteiger partial charge in [0.25, 0.3) is 5.91 Å². The SMILES string of the molecule is CC1(C)CC(NC(=O)c2ccc3c(c2)CCCCC3=O)CC(C)(C)N1. The van der Waals surface area contributed by atoms with E-state index in [2.05, 4.69) is 38.3 Å². The van der Waals surface area contributed by atoms with Crippen LogP contribution in [0.5, 0.6) is 0 Å². The van der Waals surface area contributed by atoms with Gasteiger partial charge in [-0.05, 0) is 77.5 Å². The van der Waals surface area contributed by atoms with Crippen molar-refractivity contribution in [2.45, 2.75) is 83.3 Å². The predicted molar refractivity (Wildman–Crippen MR) is 100 cm³/mol. The van der Waals surface area contributed by atoms with Crippen LogP contribution < -0.4 is 10.6 Å². The highest BCUT2D eigenvalue weighted by molar-refractivity contribution is 6.00. The van der Waals surface area contributed by atoms with Crippen molar-refractivity contribution in [3.05, 3.63) is 34.9 Å². The van der Waals surface area contributed by atoms with Gasteiger partial charge >= 0.3 is 0 Å². The van der Waals surface area contributed by atoms with Gasteiger partial charge in [0.1, 0.15) is 0 Å². The molecule has 4 heteroatoms. The second kappa shape index (κ2) is 6.56. The fourth-order valence-electron chi connectivity index (χ4n) is 4.64. The monoisotopic (exact) mass is 342 g/mol. The molecule has 0 saturated carbocycles. The summed E-state index contributed by atoms with van der Waals surface area (Å²) in [6.07, 6.45) is 5.28. The number of carbonyl (C=O) groups is 2. The van der Waals surface area contributed by atoms with E-state index in [4.69, 9.17) is 0 Å². The molecule has 0 unspecified atom stereocenters. The third kappa shape index (κ3) is 4.30. The van der Waals surface area contributed by atoms with Gasteiger partial charge in [0, 0.05) is 34.7 Å².